The van der Waals surface area contributed by atoms with E-state index in [1.807, 2.05) is 13.8 Å². The molecule has 0 saturated heterocycles. The van der Waals surface area contributed by atoms with Crippen LogP contribution in [0.2, 0.25) is 0 Å². The third-order valence-corrected chi connectivity index (χ3v) is 4.23. The largest absolute Gasteiger partial charge is 0.455 e. The van der Waals surface area contributed by atoms with E-state index in [2.05, 4.69) is 15.8 Å². The van der Waals surface area contributed by atoms with Gasteiger partial charge in [0.05, 0.1) is 11.4 Å². The molecule has 0 saturated carbocycles. The zero-order chi connectivity index (χ0) is 17.8. The lowest BCUT2D eigenvalue weighted by Gasteiger charge is -2.13. The zero-order valence-corrected chi connectivity index (χ0v) is 14.5. The number of amides is 1. The Balaban J connectivity index is 1.85. The molecule has 1 aromatic heterocycles. The molecule has 2 N–H and O–H groups in total. The summed E-state index contributed by atoms with van der Waals surface area (Å²) < 4.78 is 18.8. The van der Waals surface area contributed by atoms with Gasteiger partial charge in [0.2, 0.25) is 0 Å². The van der Waals surface area contributed by atoms with Gasteiger partial charge in [-0.2, -0.15) is 5.10 Å². The van der Waals surface area contributed by atoms with Crippen LogP contribution in [0.3, 0.4) is 0 Å². The number of carbonyl (C=O) groups is 1. The highest BCUT2D eigenvalue weighted by molar-refractivity contribution is 6.06. The molecule has 1 aliphatic carbocycles. The van der Waals surface area contributed by atoms with Gasteiger partial charge in [-0.05, 0) is 50.5 Å². The fraction of sp³-hybridized carbons (Fsp3) is 0.368. The van der Waals surface area contributed by atoms with E-state index in [9.17, 15) is 9.18 Å². The van der Waals surface area contributed by atoms with Crippen LogP contribution >= 0.6 is 0 Å². The van der Waals surface area contributed by atoms with Crippen LogP contribution in [0.1, 0.15) is 53.6 Å². The van der Waals surface area contributed by atoms with Crippen molar-refractivity contribution in [2.75, 3.05) is 12.0 Å². The summed E-state index contributed by atoms with van der Waals surface area (Å²) >= 11 is 0. The van der Waals surface area contributed by atoms with Crippen molar-refractivity contribution < 1.29 is 13.6 Å². The summed E-state index contributed by atoms with van der Waals surface area (Å²) in [6.45, 7) is 4.52. The van der Waals surface area contributed by atoms with Crippen LogP contribution in [0.4, 0.5) is 10.1 Å². The summed E-state index contributed by atoms with van der Waals surface area (Å²) in [6.07, 6.45) is 3.39. The molecule has 132 valence electrons. The van der Waals surface area contributed by atoms with Crippen LogP contribution in [0.25, 0.3) is 0 Å². The maximum atomic E-state index is 13.0. The Morgan fingerprint density at radius 3 is 2.76 bits per heavy atom. The first-order chi connectivity index (χ1) is 12.1. The molecule has 5 nitrogen and oxygen atoms in total. The molecule has 0 bridgehead atoms. The fourth-order valence-electron chi connectivity index (χ4n) is 2.97. The Morgan fingerprint density at radius 2 is 2.04 bits per heavy atom. The molecular formula is C19H22FN3O2. The molecule has 1 heterocycles. The molecule has 0 atom stereocenters. The standard InChI is InChI=1S/C19H22FN3O2/c1-3-11-21-19(24)18-12(2)17-15(5-4-6-16(17)25-18)23-22-14-9-7-13(20)8-10-14/h7-10,22H,3-6,11H2,1-2H3,(H,21,24)/b23-15+. The highest BCUT2D eigenvalue weighted by Crippen LogP contribution is 2.30. The summed E-state index contributed by atoms with van der Waals surface area (Å²) in [4.78, 5) is 12.3. The minimum absolute atomic E-state index is 0.181. The van der Waals surface area contributed by atoms with Gasteiger partial charge in [-0.3, -0.25) is 10.2 Å². The van der Waals surface area contributed by atoms with E-state index in [0.29, 0.717) is 18.0 Å². The minimum atomic E-state index is -0.286. The Labute approximate surface area is 146 Å². The second-order valence-electron chi connectivity index (χ2n) is 6.14. The molecular weight excluding hydrogens is 321 g/mol. The van der Waals surface area contributed by atoms with Crippen LogP contribution in [0.5, 0.6) is 0 Å². The van der Waals surface area contributed by atoms with Gasteiger partial charge in [0.1, 0.15) is 11.6 Å². The molecule has 1 amide bonds. The third kappa shape index (κ3) is 3.73. The summed E-state index contributed by atoms with van der Waals surface area (Å²) in [7, 11) is 0. The number of benzene rings is 1. The first-order valence-corrected chi connectivity index (χ1v) is 8.59. The molecule has 0 aliphatic heterocycles. The molecule has 1 aliphatic rings. The number of hydrazone groups is 1. The molecule has 0 unspecified atom stereocenters. The van der Waals surface area contributed by atoms with Crippen LogP contribution in [0.15, 0.2) is 33.8 Å². The van der Waals surface area contributed by atoms with Crippen molar-refractivity contribution in [3.63, 3.8) is 0 Å². The van der Waals surface area contributed by atoms with E-state index < -0.39 is 0 Å². The number of aryl methyl sites for hydroxylation is 1. The molecule has 0 spiro atoms. The van der Waals surface area contributed by atoms with E-state index in [-0.39, 0.29) is 11.7 Å². The Bertz CT molecular complexity index is 794. The number of hydrogen-bond acceptors (Lipinski definition) is 4. The monoisotopic (exact) mass is 343 g/mol. The number of nitrogens with one attached hydrogen (secondary N) is 2. The van der Waals surface area contributed by atoms with Gasteiger partial charge in [-0.1, -0.05) is 6.92 Å². The smallest absolute Gasteiger partial charge is 0.287 e. The summed E-state index contributed by atoms with van der Waals surface area (Å²) in [5.41, 5.74) is 6.28. The van der Waals surface area contributed by atoms with Crippen LogP contribution < -0.4 is 10.7 Å². The minimum Gasteiger partial charge on any atom is -0.455 e. The lowest BCUT2D eigenvalue weighted by atomic mass is 9.93. The van der Waals surface area contributed by atoms with Crippen molar-refractivity contribution >= 4 is 17.3 Å². The Kier molecular flexibility index (Phi) is 5.16. The number of fused-ring (bicyclic) bond motifs is 1. The van der Waals surface area contributed by atoms with Crippen molar-refractivity contribution in [2.24, 2.45) is 5.10 Å². The SMILES string of the molecule is CCCNC(=O)c1oc2c(c1C)/C(=N/Nc1ccc(F)cc1)CCC2. The first kappa shape index (κ1) is 17.2. The van der Waals surface area contributed by atoms with Gasteiger partial charge >= 0.3 is 0 Å². The van der Waals surface area contributed by atoms with Gasteiger partial charge < -0.3 is 9.73 Å². The lowest BCUT2D eigenvalue weighted by Crippen LogP contribution is -2.24. The van der Waals surface area contributed by atoms with Crippen molar-refractivity contribution in [1.29, 1.82) is 0 Å². The quantitative estimate of drug-likeness (QED) is 0.806. The van der Waals surface area contributed by atoms with Crippen LogP contribution in [-0.4, -0.2) is 18.2 Å². The van der Waals surface area contributed by atoms with Gasteiger partial charge in [0.15, 0.2) is 5.76 Å². The van der Waals surface area contributed by atoms with E-state index >= 15 is 0 Å². The molecule has 1 aromatic carbocycles. The first-order valence-electron chi connectivity index (χ1n) is 8.59. The molecule has 0 fully saturated rings. The maximum Gasteiger partial charge on any atom is 0.287 e. The zero-order valence-electron chi connectivity index (χ0n) is 14.5. The molecule has 2 aromatic rings. The fourth-order valence-corrected chi connectivity index (χ4v) is 2.97. The molecule has 25 heavy (non-hydrogen) atoms. The number of rotatable bonds is 5. The highest BCUT2D eigenvalue weighted by atomic mass is 19.1. The van der Waals surface area contributed by atoms with E-state index in [0.717, 1.165) is 48.3 Å². The van der Waals surface area contributed by atoms with Gasteiger partial charge in [-0.25, -0.2) is 4.39 Å². The highest BCUT2D eigenvalue weighted by Gasteiger charge is 2.27. The lowest BCUT2D eigenvalue weighted by molar-refractivity contribution is 0.0923. The van der Waals surface area contributed by atoms with Gasteiger partial charge in [0, 0.05) is 24.1 Å². The third-order valence-electron chi connectivity index (χ3n) is 4.23. The predicted octanol–water partition coefficient (Wildman–Crippen LogP) is 4.02. The average Bonchev–Trinajstić information content (AvgIpc) is 2.97. The maximum absolute atomic E-state index is 13.0. The predicted molar refractivity (Wildman–Crippen MR) is 95.6 cm³/mol. The molecule has 0 radical (unpaired) electrons. The van der Waals surface area contributed by atoms with Crippen molar-refractivity contribution in [3.8, 4) is 0 Å². The molecule has 3 rings (SSSR count). The number of furan rings is 1. The number of halogens is 1. The molecule has 6 heteroatoms. The number of carbonyl (C=O) groups excluding carboxylic acids is 1. The van der Waals surface area contributed by atoms with E-state index in [1.54, 1.807) is 12.1 Å². The topological polar surface area (TPSA) is 66.6 Å². The van der Waals surface area contributed by atoms with Crippen LogP contribution in [0, 0.1) is 12.7 Å². The Hall–Kier alpha value is -2.63. The average molecular weight is 343 g/mol. The Morgan fingerprint density at radius 1 is 1.28 bits per heavy atom. The van der Waals surface area contributed by atoms with Crippen LogP contribution in [-0.2, 0) is 6.42 Å². The van der Waals surface area contributed by atoms with Gasteiger partial charge in [0.25, 0.3) is 5.91 Å². The normalized spacial score (nSPS) is 15.1. The van der Waals surface area contributed by atoms with Crippen molar-refractivity contribution in [1.82, 2.24) is 5.32 Å². The second-order valence-corrected chi connectivity index (χ2v) is 6.14. The number of nitrogens with zero attached hydrogens (tertiary/aromatic N) is 1. The van der Waals surface area contributed by atoms with Crippen molar-refractivity contribution in [2.45, 2.75) is 39.5 Å². The summed E-state index contributed by atoms with van der Waals surface area (Å²) in [5.74, 6) is 0.714. The number of hydrogen-bond donors (Lipinski definition) is 2. The second kappa shape index (κ2) is 7.51. The van der Waals surface area contributed by atoms with Gasteiger partial charge in [-0.15, -0.1) is 0 Å². The summed E-state index contributed by atoms with van der Waals surface area (Å²) in [6, 6.07) is 6.03. The number of anilines is 1. The van der Waals surface area contributed by atoms with Crippen molar-refractivity contribution in [3.05, 3.63) is 52.7 Å². The van der Waals surface area contributed by atoms with E-state index in [1.165, 1.54) is 12.1 Å². The summed E-state index contributed by atoms with van der Waals surface area (Å²) in [5, 5.41) is 7.33. The van der Waals surface area contributed by atoms with E-state index in [4.69, 9.17) is 4.42 Å².